The molecule has 5 heteroatoms. The fraction of sp³-hybridized carbons (Fsp3) is 0.696. The SMILES string of the molecule is CC(CC(C)C1CC1)NC(=O)COc1ccc(Cl)cc1.CCCC(O)CCC. The van der Waals surface area contributed by atoms with E-state index >= 15 is 0 Å². The Morgan fingerprint density at radius 2 is 1.75 bits per heavy atom. The van der Waals surface area contributed by atoms with Gasteiger partial charge in [-0.2, -0.15) is 0 Å². The number of hydrogen-bond acceptors (Lipinski definition) is 3. The normalized spacial score (nSPS) is 15.4. The first-order chi connectivity index (χ1) is 13.3. The summed E-state index contributed by atoms with van der Waals surface area (Å²) in [6.07, 6.45) is 7.83. The second-order valence-electron chi connectivity index (χ2n) is 7.99. The molecule has 1 aromatic carbocycles. The third kappa shape index (κ3) is 11.6. The summed E-state index contributed by atoms with van der Waals surface area (Å²) >= 11 is 5.79. The van der Waals surface area contributed by atoms with Gasteiger partial charge in [0.2, 0.25) is 0 Å². The lowest BCUT2D eigenvalue weighted by Crippen LogP contribution is -2.37. The van der Waals surface area contributed by atoms with Crippen LogP contribution in [0.4, 0.5) is 0 Å². The molecule has 1 aliphatic rings. The van der Waals surface area contributed by atoms with Crippen LogP contribution in [0.25, 0.3) is 0 Å². The van der Waals surface area contributed by atoms with Gasteiger partial charge in [-0.15, -0.1) is 0 Å². The number of benzene rings is 1. The molecule has 0 bridgehead atoms. The van der Waals surface area contributed by atoms with E-state index in [-0.39, 0.29) is 24.7 Å². The maximum Gasteiger partial charge on any atom is 0.258 e. The first-order valence-corrected chi connectivity index (χ1v) is 11.1. The Morgan fingerprint density at radius 1 is 1.18 bits per heavy atom. The number of ether oxygens (including phenoxy) is 1. The van der Waals surface area contributed by atoms with Gasteiger partial charge >= 0.3 is 0 Å². The zero-order valence-corrected chi connectivity index (χ0v) is 18.7. The fourth-order valence-corrected chi connectivity index (χ4v) is 3.41. The van der Waals surface area contributed by atoms with Crippen molar-refractivity contribution < 1.29 is 14.6 Å². The quantitative estimate of drug-likeness (QED) is 0.497. The molecule has 1 amide bonds. The van der Waals surface area contributed by atoms with E-state index in [4.69, 9.17) is 21.4 Å². The van der Waals surface area contributed by atoms with E-state index in [0.717, 1.165) is 38.0 Å². The van der Waals surface area contributed by atoms with Gasteiger partial charge in [-0.1, -0.05) is 45.2 Å². The molecule has 160 valence electrons. The van der Waals surface area contributed by atoms with Crippen molar-refractivity contribution in [3.63, 3.8) is 0 Å². The van der Waals surface area contributed by atoms with Crippen LogP contribution < -0.4 is 10.1 Å². The van der Waals surface area contributed by atoms with E-state index in [1.54, 1.807) is 24.3 Å². The minimum atomic E-state index is -0.0737. The van der Waals surface area contributed by atoms with Crippen molar-refractivity contribution in [3.05, 3.63) is 29.3 Å². The zero-order chi connectivity index (χ0) is 20.9. The van der Waals surface area contributed by atoms with Crippen molar-refractivity contribution in [2.24, 2.45) is 11.8 Å². The molecule has 0 saturated heterocycles. The lowest BCUT2D eigenvalue weighted by Gasteiger charge is -2.18. The van der Waals surface area contributed by atoms with Crippen molar-refractivity contribution in [1.29, 1.82) is 0 Å². The van der Waals surface area contributed by atoms with Gasteiger partial charge in [0.05, 0.1) is 6.10 Å². The molecule has 2 atom stereocenters. The van der Waals surface area contributed by atoms with Crippen molar-refractivity contribution in [3.8, 4) is 5.75 Å². The first kappa shape index (κ1) is 24.8. The van der Waals surface area contributed by atoms with Crippen LogP contribution in [0, 0.1) is 11.8 Å². The van der Waals surface area contributed by atoms with E-state index in [2.05, 4.69) is 33.0 Å². The predicted molar refractivity (Wildman–Crippen MR) is 117 cm³/mol. The van der Waals surface area contributed by atoms with Crippen molar-refractivity contribution in [2.45, 2.75) is 84.8 Å². The van der Waals surface area contributed by atoms with E-state index in [9.17, 15) is 4.79 Å². The third-order valence-electron chi connectivity index (χ3n) is 4.99. The van der Waals surface area contributed by atoms with Gasteiger partial charge in [0.25, 0.3) is 5.91 Å². The maximum absolute atomic E-state index is 11.8. The number of hydrogen-bond donors (Lipinski definition) is 2. The van der Waals surface area contributed by atoms with Gasteiger partial charge in [0.15, 0.2) is 6.61 Å². The summed E-state index contributed by atoms with van der Waals surface area (Å²) in [5.74, 6) is 2.15. The van der Waals surface area contributed by atoms with Crippen molar-refractivity contribution >= 4 is 17.5 Å². The van der Waals surface area contributed by atoms with Crippen LogP contribution in [-0.4, -0.2) is 29.8 Å². The molecule has 2 unspecified atom stereocenters. The molecule has 1 aromatic rings. The zero-order valence-electron chi connectivity index (χ0n) is 17.9. The van der Waals surface area contributed by atoms with E-state index in [1.165, 1.54) is 12.8 Å². The van der Waals surface area contributed by atoms with Gasteiger partial charge in [-0.25, -0.2) is 0 Å². The van der Waals surface area contributed by atoms with Crippen LogP contribution in [0.3, 0.4) is 0 Å². The molecular formula is C23H38ClNO3. The molecule has 0 spiro atoms. The van der Waals surface area contributed by atoms with Crippen LogP contribution in [-0.2, 0) is 4.79 Å². The maximum atomic E-state index is 11.8. The minimum Gasteiger partial charge on any atom is -0.484 e. The van der Waals surface area contributed by atoms with Crippen LogP contribution in [0.15, 0.2) is 24.3 Å². The standard InChI is InChI=1S/C16H22ClNO2.C7H16O/c1-11(13-3-4-13)9-12(2)18-16(19)10-20-15-7-5-14(17)6-8-15;1-3-5-7(8)6-4-2/h5-8,11-13H,3-4,9-10H2,1-2H3,(H,18,19);7-8H,3-6H2,1-2H3. The van der Waals surface area contributed by atoms with Crippen molar-refractivity contribution in [1.82, 2.24) is 5.32 Å². The Morgan fingerprint density at radius 3 is 2.25 bits per heavy atom. The molecule has 1 aliphatic carbocycles. The summed E-state index contributed by atoms with van der Waals surface area (Å²) in [6, 6.07) is 7.21. The Kier molecular flexibility index (Phi) is 12.2. The Bertz CT molecular complexity index is 539. The highest BCUT2D eigenvalue weighted by molar-refractivity contribution is 6.30. The fourth-order valence-electron chi connectivity index (χ4n) is 3.28. The Balaban J connectivity index is 0.000000416. The molecule has 0 heterocycles. The molecule has 2 rings (SSSR count). The number of rotatable bonds is 11. The molecule has 0 aliphatic heterocycles. The number of aliphatic hydroxyl groups excluding tert-OH is 1. The van der Waals surface area contributed by atoms with Gasteiger partial charge in [0, 0.05) is 11.1 Å². The summed E-state index contributed by atoms with van der Waals surface area (Å²) in [5, 5.41) is 12.7. The smallest absolute Gasteiger partial charge is 0.258 e. The summed E-state index contributed by atoms with van der Waals surface area (Å²) in [4.78, 5) is 11.8. The largest absolute Gasteiger partial charge is 0.484 e. The van der Waals surface area contributed by atoms with Crippen LogP contribution in [0.5, 0.6) is 5.75 Å². The monoisotopic (exact) mass is 411 g/mol. The van der Waals surface area contributed by atoms with Gasteiger partial charge in [-0.05, 0) is 75.1 Å². The number of amides is 1. The molecule has 0 aromatic heterocycles. The van der Waals surface area contributed by atoms with Crippen LogP contribution in [0.2, 0.25) is 5.02 Å². The second-order valence-corrected chi connectivity index (χ2v) is 8.43. The van der Waals surface area contributed by atoms with Crippen LogP contribution in [0.1, 0.15) is 72.6 Å². The van der Waals surface area contributed by atoms with Gasteiger partial charge < -0.3 is 15.2 Å². The molecule has 4 nitrogen and oxygen atoms in total. The Labute approximate surface area is 176 Å². The molecule has 0 radical (unpaired) electrons. The highest BCUT2D eigenvalue weighted by Crippen LogP contribution is 2.38. The summed E-state index contributed by atoms with van der Waals surface area (Å²) in [5.41, 5.74) is 0. The summed E-state index contributed by atoms with van der Waals surface area (Å²) in [7, 11) is 0. The number of aliphatic hydroxyl groups is 1. The number of carbonyl (C=O) groups is 1. The summed E-state index contributed by atoms with van der Waals surface area (Å²) < 4.78 is 5.42. The topological polar surface area (TPSA) is 58.6 Å². The number of carbonyl (C=O) groups excluding carboxylic acids is 1. The lowest BCUT2D eigenvalue weighted by molar-refractivity contribution is -0.123. The highest BCUT2D eigenvalue weighted by atomic mass is 35.5. The van der Waals surface area contributed by atoms with Gasteiger partial charge in [0.1, 0.15) is 5.75 Å². The van der Waals surface area contributed by atoms with E-state index in [1.807, 2.05) is 0 Å². The molecule has 1 saturated carbocycles. The lowest BCUT2D eigenvalue weighted by atomic mass is 9.98. The van der Waals surface area contributed by atoms with Crippen LogP contribution >= 0.6 is 11.6 Å². The Hall–Kier alpha value is -1.26. The van der Waals surface area contributed by atoms with Gasteiger partial charge in [-0.3, -0.25) is 4.79 Å². The summed E-state index contributed by atoms with van der Waals surface area (Å²) in [6.45, 7) is 8.56. The average molecular weight is 412 g/mol. The van der Waals surface area contributed by atoms with E-state index in [0.29, 0.717) is 16.7 Å². The highest BCUT2D eigenvalue weighted by Gasteiger charge is 2.28. The predicted octanol–water partition coefficient (Wildman–Crippen LogP) is 5.61. The second kappa shape index (κ2) is 13.8. The third-order valence-corrected chi connectivity index (χ3v) is 5.24. The molecule has 28 heavy (non-hydrogen) atoms. The van der Waals surface area contributed by atoms with E-state index < -0.39 is 0 Å². The minimum absolute atomic E-state index is 0.0370. The number of halogens is 1. The number of nitrogens with one attached hydrogen (secondary N) is 1. The molecule has 2 N–H and O–H groups in total. The average Bonchev–Trinajstić information content (AvgIpc) is 3.47. The van der Waals surface area contributed by atoms with Crippen molar-refractivity contribution in [2.75, 3.05) is 6.61 Å². The first-order valence-electron chi connectivity index (χ1n) is 10.7. The molecule has 1 fully saturated rings. The molecular weight excluding hydrogens is 374 g/mol.